The van der Waals surface area contributed by atoms with Crippen LogP contribution in [-0.4, -0.2) is 63.2 Å². The molecule has 0 spiro atoms. The summed E-state index contributed by atoms with van der Waals surface area (Å²) in [7, 11) is -4.93. The highest BCUT2D eigenvalue weighted by Gasteiger charge is 2.25. The molecule has 1 fully saturated rings. The van der Waals surface area contributed by atoms with Crippen LogP contribution in [0.5, 0.6) is 11.5 Å². The number of aromatic hydroxyl groups is 1. The molecule has 3 N–H and O–H groups in total. The Balaban J connectivity index is 1.92. The van der Waals surface area contributed by atoms with Gasteiger partial charge in [-0.3, -0.25) is 14.6 Å². The van der Waals surface area contributed by atoms with Crippen LogP contribution in [0.25, 0.3) is 0 Å². The van der Waals surface area contributed by atoms with Gasteiger partial charge in [-0.1, -0.05) is 23.4 Å². The van der Waals surface area contributed by atoms with Crippen molar-refractivity contribution in [2.24, 2.45) is 5.16 Å². The van der Waals surface area contributed by atoms with Crippen molar-refractivity contribution in [1.29, 1.82) is 0 Å². The fraction of sp³-hybridized carbons (Fsp3) is 0.480. The van der Waals surface area contributed by atoms with Crippen molar-refractivity contribution in [1.82, 2.24) is 4.90 Å². The van der Waals surface area contributed by atoms with Crippen LogP contribution >= 0.6 is 7.82 Å². The van der Waals surface area contributed by atoms with Gasteiger partial charge in [-0.05, 0) is 56.7 Å². The van der Waals surface area contributed by atoms with E-state index >= 15 is 0 Å². The topological polar surface area (TPSA) is 155 Å². The highest BCUT2D eigenvalue weighted by molar-refractivity contribution is 7.46. The number of allylic oxidation sites excluding steroid dienone is 3. The molecule has 1 amide bonds. The number of phosphoric acid groups is 1. The summed E-state index contributed by atoms with van der Waals surface area (Å²) in [5.74, 6) is -1.88. The van der Waals surface area contributed by atoms with Gasteiger partial charge in [0.1, 0.15) is 23.2 Å². The molecular weight excluding hydrogens is 503 g/mol. The lowest BCUT2D eigenvalue weighted by Gasteiger charge is -2.26. The van der Waals surface area contributed by atoms with Crippen molar-refractivity contribution in [3.05, 3.63) is 47.6 Å². The Morgan fingerprint density at radius 3 is 2.62 bits per heavy atom. The number of hydrogen-bond donors (Lipinski definition) is 3. The third-order valence-corrected chi connectivity index (χ3v) is 6.25. The number of rotatable bonds is 5. The molecule has 12 heteroatoms. The molecule has 1 aromatic carbocycles. The number of likely N-dealkylation sites (tertiary alicyclic amines) is 1. The second-order valence-corrected chi connectivity index (χ2v) is 10.1. The van der Waals surface area contributed by atoms with Gasteiger partial charge in [0.15, 0.2) is 6.61 Å². The number of phenols is 1. The van der Waals surface area contributed by atoms with Crippen LogP contribution in [0.4, 0.5) is 0 Å². The van der Waals surface area contributed by atoms with Crippen LogP contribution in [0.3, 0.4) is 0 Å². The number of ether oxygens (including phenoxy) is 1. The summed E-state index contributed by atoms with van der Waals surface area (Å²) in [5.41, 5.74) is 0.293. The summed E-state index contributed by atoms with van der Waals surface area (Å²) in [6.45, 7) is 2.83. The van der Waals surface area contributed by atoms with Crippen molar-refractivity contribution >= 4 is 25.4 Å². The first-order valence-electron chi connectivity index (χ1n) is 12.2. The molecule has 0 saturated carbocycles. The molecule has 0 radical (unpaired) electrons. The molecule has 0 aliphatic carbocycles. The predicted molar refractivity (Wildman–Crippen MR) is 135 cm³/mol. The summed E-state index contributed by atoms with van der Waals surface area (Å²) < 4.78 is 21.5. The van der Waals surface area contributed by atoms with E-state index in [1.54, 1.807) is 17.9 Å². The van der Waals surface area contributed by atoms with E-state index in [2.05, 4.69) is 9.68 Å². The zero-order valence-corrected chi connectivity index (χ0v) is 21.6. The molecule has 0 unspecified atom stereocenters. The molecule has 1 saturated heterocycles. The van der Waals surface area contributed by atoms with E-state index in [4.69, 9.17) is 9.57 Å². The maximum Gasteiger partial charge on any atom is 0.524 e. The van der Waals surface area contributed by atoms with Gasteiger partial charge in [-0.15, -0.1) is 0 Å². The van der Waals surface area contributed by atoms with Crippen LogP contribution in [-0.2, 0) is 25.4 Å². The fourth-order valence-corrected chi connectivity index (χ4v) is 4.43. The summed E-state index contributed by atoms with van der Waals surface area (Å²) in [4.78, 5) is 50.9. The molecule has 1 aromatic rings. The highest BCUT2D eigenvalue weighted by Crippen LogP contribution is 2.40. The zero-order chi connectivity index (χ0) is 26.8. The maximum atomic E-state index is 12.9. The number of hydrogen-bond acceptors (Lipinski definition) is 8. The normalized spacial score (nSPS) is 22.4. The van der Waals surface area contributed by atoms with Gasteiger partial charge in [-0.2, -0.15) is 0 Å². The number of oxime groups is 1. The number of carbonyl (C=O) groups excluding carboxylic acids is 2. The summed E-state index contributed by atoms with van der Waals surface area (Å²) in [6.07, 6.45) is 11.8. The molecule has 0 bridgehead atoms. The average molecular weight is 537 g/mol. The van der Waals surface area contributed by atoms with Gasteiger partial charge in [0.05, 0.1) is 5.71 Å². The highest BCUT2D eigenvalue weighted by atomic mass is 31.2. The number of fused-ring (bicyclic) bond motifs is 1. The van der Waals surface area contributed by atoms with E-state index in [0.717, 1.165) is 31.7 Å². The third-order valence-electron chi connectivity index (χ3n) is 5.80. The number of phosphoric ester groups is 1. The molecule has 2 aliphatic rings. The number of phenolic OH excluding ortho intramolecular Hbond substituents is 1. The van der Waals surface area contributed by atoms with E-state index in [1.807, 2.05) is 18.2 Å². The number of cyclic esters (lactones) is 1. The molecule has 37 heavy (non-hydrogen) atoms. The van der Waals surface area contributed by atoms with Crippen molar-refractivity contribution in [3.8, 4) is 11.5 Å². The van der Waals surface area contributed by atoms with E-state index in [-0.39, 0.29) is 35.8 Å². The summed E-state index contributed by atoms with van der Waals surface area (Å²) in [5, 5.41) is 14.7. The third kappa shape index (κ3) is 9.35. The Hall–Kier alpha value is -3.14. The average Bonchev–Trinajstić information content (AvgIpc) is 2.81. The number of esters is 1. The van der Waals surface area contributed by atoms with E-state index < -0.39 is 25.6 Å². The van der Waals surface area contributed by atoms with Crippen LogP contribution in [0.2, 0.25) is 0 Å². The van der Waals surface area contributed by atoms with Crippen molar-refractivity contribution < 1.29 is 43.1 Å². The van der Waals surface area contributed by atoms with Crippen LogP contribution in [0.15, 0.2) is 41.6 Å². The Morgan fingerprint density at radius 2 is 1.89 bits per heavy atom. The van der Waals surface area contributed by atoms with E-state index in [9.17, 15) is 29.0 Å². The maximum absolute atomic E-state index is 12.9. The largest absolute Gasteiger partial charge is 0.524 e. The number of piperidine rings is 1. The standard InChI is InChI=1S/C25H33N2O9P/c1-18-10-6-3-2-4-7-11-20(26-34-17-23(29)27-12-8-5-9-13-27)14-19-15-21(36-37(31,32)33)16-22(28)24(19)25(30)35-18/h3,6-7,11,15-16,18,28H,2,4-5,8-10,12-14,17H2,1H3,(H2,31,32,33)/b6-3+,11-7+,26-20-/t18-/m1/s1. The monoisotopic (exact) mass is 536 g/mol. The smallest absolute Gasteiger partial charge is 0.507 e. The second kappa shape index (κ2) is 13.4. The first kappa shape index (κ1) is 28.4. The molecule has 202 valence electrons. The van der Waals surface area contributed by atoms with Gasteiger partial charge < -0.3 is 24.1 Å². The van der Waals surface area contributed by atoms with Crippen molar-refractivity contribution in [2.75, 3.05) is 19.7 Å². The van der Waals surface area contributed by atoms with Crippen LogP contribution in [0.1, 0.15) is 61.4 Å². The number of nitrogens with zero attached hydrogens (tertiary/aromatic N) is 2. The van der Waals surface area contributed by atoms with Gasteiger partial charge >= 0.3 is 13.8 Å². The second-order valence-electron chi connectivity index (χ2n) is 8.94. The van der Waals surface area contributed by atoms with E-state index in [0.29, 0.717) is 31.6 Å². The molecular formula is C25H33N2O9P. The number of carbonyl (C=O) groups is 2. The Morgan fingerprint density at radius 1 is 1.16 bits per heavy atom. The predicted octanol–water partition coefficient (Wildman–Crippen LogP) is 3.63. The SMILES string of the molecule is C[C@@H]1C/C=C/CC/C=C/C(=N/OCC(=O)N2CCCCC2)Cc2cc(OP(=O)(O)O)cc(O)c2C(=O)O1. The first-order valence-corrected chi connectivity index (χ1v) is 13.8. The lowest BCUT2D eigenvalue weighted by molar-refractivity contribution is -0.137. The van der Waals surface area contributed by atoms with Gasteiger partial charge in [0.2, 0.25) is 0 Å². The zero-order valence-electron chi connectivity index (χ0n) is 20.7. The quantitative estimate of drug-likeness (QED) is 0.221. The molecule has 3 rings (SSSR count). The lowest BCUT2D eigenvalue weighted by Crippen LogP contribution is -2.37. The van der Waals surface area contributed by atoms with Gasteiger partial charge in [-0.25, -0.2) is 9.36 Å². The van der Waals surface area contributed by atoms with Crippen molar-refractivity contribution in [3.63, 3.8) is 0 Å². The van der Waals surface area contributed by atoms with Crippen LogP contribution in [0, 0.1) is 0 Å². The Bertz CT molecular complexity index is 1100. The van der Waals surface area contributed by atoms with Crippen molar-refractivity contribution in [2.45, 2.75) is 58.0 Å². The Kier molecular flexibility index (Phi) is 10.3. The Labute approximate surface area is 215 Å². The minimum atomic E-state index is -4.93. The molecule has 2 heterocycles. The first-order chi connectivity index (χ1) is 17.6. The van der Waals surface area contributed by atoms with E-state index in [1.165, 1.54) is 6.07 Å². The number of benzene rings is 1. The molecule has 0 aromatic heterocycles. The van der Waals surface area contributed by atoms with Crippen LogP contribution < -0.4 is 4.52 Å². The fourth-order valence-electron chi connectivity index (χ4n) is 4.05. The lowest BCUT2D eigenvalue weighted by atomic mass is 9.99. The minimum absolute atomic E-state index is 0.0744. The molecule has 1 atom stereocenters. The molecule has 2 aliphatic heterocycles. The van der Waals surface area contributed by atoms with Gasteiger partial charge in [0, 0.05) is 32.0 Å². The minimum Gasteiger partial charge on any atom is -0.507 e. The number of amides is 1. The molecule has 11 nitrogen and oxygen atoms in total. The summed E-state index contributed by atoms with van der Waals surface area (Å²) in [6, 6.07) is 2.17. The van der Waals surface area contributed by atoms with Gasteiger partial charge in [0.25, 0.3) is 5.91 Å². The summed E-state index contributed by atoms with van der Waals surface area (Å²) >= 11 is 0.